The predicted molar refractivity (Wildman–Crippen MR) is 92.7 cm³/mol. The number of benzene rings is 1. The summed E-state index contributed by atoms with van der Waals surface area (Å²) >= 11 is 0. The van der Waals surface area contributed by atoms with E-state index in [2.05, 4.69) is 17.2 Å². The lowest BCUT2D eigenvalue weighted by molar-refractivity contribution is 0.0713. The highest BCUT2D eigenvalue weighted by Gasteiger charge is 2.23. The molecule has 0 saturated heterocycles. The Bertz CT molecular complexity index is 672. The molecule has 5 nitrogen and oxygen atoms in total. The Balaban J connectivity index is 2.29. The second-order valence-electron chi connectivity index (χ2n) is 5.79. The first-order valence-corrected chi connectivity index (χ1v) is 8.08. The summed E-state index contributed by atoms with van der Waals surface area (Å²) in [4.78, 5) is 18.7. The third kappa shape index (κ3) is 3.79. The van der Waals surface area contributed by atoms with E-state index in [1.807, 2.05) is 25.2 Å². The van der Waals surface area contributed by atoms with Crippen molar-refractivity contribution in [1.29, 1.82) is 0 Å². The van der Waals surface area contributed by atoms with Crippen LogP contribution in [0.3, 0.4) is 0 Å². The van der Waals surface area contributed by atoms with Gasteiger partial charge in [0.25, 0.3) is 5.91 Å². The molecule has 0 aliphatic carbocycles. The van der Waals surface area contributed by atoms with E-state index in [0.717, 1.165) is 31.2 Å². The van der Waals surface area contributed by atoms with Gasteiger partial charge in [0.2, 0.25) is 0 Å². The summed E-state index contributed by atoms with van der Waals surface area (Å²) in [6, 6.07) is 7.33. The van der Waals surface area contributed by atoms with Crippen LogP contribution in [-0.2, 0) is 0 Å². The van der Waals surface area contributed by atoms with Crippen molar-refractivity contribution >= 4 is 16.8 Å². The maximum Gasteiger partial charge on any atom is 0.257 e. The molecule has 1 atom stereocenters. The Morgan fingerprint density at radius 2 is 2.13 bits per heavy atom. The second-order valence-corrected chi connectivity index (χ2v) is 5.79. The minimum Gasteiger partial charge on any atom is -0.505 e. The second kappa shape index (κ2) is 7.92. The Hall–Kier alpha value is -2.14. The number of amides is 1. The molecule has 2 aromatic rings. The van der Waals surface area contributed by atoms with Crippen molar-refractivity contribution in [2.45, 2.75) is 32.2 Å². The molecule has 1 unspecified atom stereocenters. The molecule has 0 aliphatic rings. The van der Waals surface area contributed by atoms with Gasteiger partial charge in [-0.25, -0.2) is 0 Å². The molecule has 124 valence electrons. The lowest BCUT2D eigenvalue weighted by Gasteiger charge is -2.28. The summed E-state index contributed by atoms with van der Waals surface area (Å²) in [5.41, 5.74) is 0.776. The van der Waals surface area contributed by atoms with E-state index in [9.17, 15) is 9.90 Å². The van der Waals surface area contributed by atoms with Crippen LogP contribution < -0.4 is 5.32 Å². The number of hydrogen-bond acceptors (Lipinski definition) is 4. The number of carbonyl (C=O) groups excluding carboxylic acids is 1. The molecule has 1 aromatic carbocycles. The van der Waals surface area contributed by atoms with Crippen molar-refractivity contribution < 1.29 is 9.90 Å². The van der Waals surface area contributed by atoms with E-state index in [1.165, 1.54) is 0 Å². The zero-order valence-electron chi connectivity index (χ0n) is 14.0. The van der Waals surface area contributed by atoms with Crippen LogP contribution in [0, 0.1) is 0 Å². The van der Waals surface area contributed by atoms with Crippen molar-refractivity contribution in [1.82, 2.24) is 15.2 Å². The van der Waals surface area contributed by atoms with Crippen LogP contribution >= 0.6 is 0 Å². The Kier molecular flexibility index (Phi) is 5.93. The molecule has 23 heavy (non-hydrogen) atoms. The highest BCUT2D eigenvalue weighted by atomic mass is 16.3. The van der Waals surface area contributed by atoms with Crippen LogP contribution in [0.5, 0.6) is 5.75 Å². The summed E-state index contributed by atoms with van der Waals surface area (Å²) in [7, 11) is 3.71. The Morgan fingerprint density at radius 3 is 2.83 bits per heavy atom. The van der Waals surface area contributed by atoms with E-state index >= 15 is 0 Å². The van der Waals surface area contributed by atoms with Crippen LogP contribution in [-0.4, -0.2) is 47.6 Å². The fourth-order valence-corrected chi connectivity index (χ4v) is 2.83. The lowest BCUT2D eigenvalue weighted by atomic mass is 10.0. The van der Waals surface area contributed by atoms with Crippen molar-refractivity contribution in [3.05, 3.63) is 36.0 Å². The predicted octanol–water partition coefficient (Wildman–Crippen LogP) is 2.79. The molecule has 0 saturated carbocycles. The number of rotatable bonds is 7. The number of pyridine rings is 1. The van der Waals surface area contributed by atoms with Gasteiger partial charge in [0.15, 0.2) is 5.75 Å². The van der Waals surface area contributed by atoms with Gasteiger partial charge >= 0.3 is 0 Å². The highest BCUT2D eigenvalue weighted by molar-refractivity contribution is 6.02. The molecular weight excluding hydrogens is 290 g/mol. The van der Waals surface area contributed by atoms with E-state index in [0.29, 0.717) is 11.1 Å². The molecular formula is C18H25N3O2. The van der Waals surface area contributed by atoms with Crippen LogP contribution in [0.4, 0.5) is 0 Å². The van der Waals surface area contributed by atoms with Gasteiger partial charge < -0.3 is 15.3 Å². The van der Waals surface area contributed by atoms with Gasteiger partial charge in [0, 0.05) is 24.7 Å². The molecule has 0 spiro atoms. The number of nitrogens with one attached hydrogen (secondary N) is 1. The standard InChI is InChI=1S/C18H25N3O2/c1-4-6-14(10-12-19-2)21(3)18(23)15-9-8-13-7-5-11-20-16(13)17(15)22/h5,7-9,11,14,19,22H,4,6,10,12H2,1-3H3. The molecule has 5 heteroatoms. The van der Waals surface area contributed by atoms with Crippen molar-refractivity contribution in [3.63, 3.8) is 0 Å². The van der Waals surface area contributed by atoms with Gasteiger partial charge in [-0.15, -0.1) is 0 Å². The monoisotopic (exact) mass is 315 g/mol. The molecule has 1 heterocycles. The summed E-state index contributed by atoms with van der Waals surface area (Å²) in [5.74, 6) is -0.201. The van der Waals surface area contributed by atoms with Gasteiger partial charge in [0.05, 0.1) is 5.56 Å². The van der Waals surface area contributed by atoms with Crippen LogP contribution in [0.25, 0.3) is 10.9 Å². The smallest absolute Gasteiger partial charge is 0.257 e. The highest BCUT2D eigenvalue weighted by Crippen LogP contribution is 2.28. The first kappa shape index (κ1) is 17.2. The first-order chi connectivity index (χ1) is 11.1. The summed E-state index contributed by atoms with van der Waals surface area (Å²) < 4.78 is 0. The lowest BCUT2D eigenvalue weighted by Crippen LogP contribution is -2.38. The number of fused-ring (bicyclic) bond motifs is 1. The van der Waals surface area contributed by atoms with Gasteiger partial charge in [-0.1, -0.05) is 25.5 Å². The maximum atomic E-state index is 12.8. The van der Waals surface area contributed by atoms with E-state index in [-0.39, 0.29) is 17.7 Å². The average Bonchev–Trinajstić information content (AvgIpc) is 2.58. The third-order valence-electron chi connectivity index (χ3n) is 4.20. The van der Waals surface area contributed by atoms with E-state index in [4.69, 9.17) is 0 Å². The summed E-state index contributed by atoms with van der Waals surface area (Å²) in [6.07, 6.45) is 4.46. The van der Waals surface area contributed by atoms with Crippen molar-refractivity contribution in [3.8, 4) is 5.75 Å². The zero-order chi connectivity index (χ0) is 16.8. The number of nitrogens with zero attached hydrogens (tertiary/aromatic N) is 2. The Morgan fingerprint density at radius 1 is 1.35 bits per heavy atom. The topological polar surface area (TPSA) is 65.5 Å². The van der Waals surface area contributed by atoms with E-state index in [1.54, 1.807) is 24.2 Å². The maximum absolute atomic E-state index is 12.8. The van der Waals surface area contributed by atoms with Gasteiger partial charge in [-0.2, -0.15) is 0 Å². The van der Waals surface area contributed by atoms with Crippen molar-refractivity contribution in [2.24, 2.45) is 0 Å². The third-order valence-corrected chi connectivity index (χ3v) is 4.20. The number of hydrogen-bond donors (Lipinski definition) is 2. The molecule has 2 N–H and O–H groups in total. The van der Waals surface area contributed by atoms with Crippen LogP contribution in [0.1, 0.15) is 36.5 Å². The number of aromatic nitrogens is 1. The van der Waals surface area contributed by atoms with Crippen LogP contribution in [0.2, 0.25) is 0 Å². The molecule has 1 aromatic heterocycles. The van der Waals surface area contributed by atoms with Crippen LogP contribution in [0.15, 0.2) is 30.5 Å². The first-order valence-electron chi connectivity index (χ1n) is 8.08. The molecule has 0 aliphatic heterocycles. The number of phenols is 1. The number of carbonyl (C=O) groups is 1. The molecule has 1 amide bonds. The largest absolute Gasteiger partial charge is 0.505 e. The molecule has 2 rings (SSSR count). The minimum atomic E-state index is -0.162. The molecule has 0 bridgehead atoms. The summed E-state index contributed by atoms with van der Waals surface area (Å²) in [6.45, 7) is 2.97. The van der Waals surface area contributed by atoms with Gasteiger partial charge in [-0.05, 0) is 38.6 Å². The average molecular weight is 315 g/mol. The van der Waals surface area contributed by atoms with Crippen molar-refractivity contribution in [2.75, 3.05) is 20.6 Å². The van der Waals surface area contributed by atoms with E-state index < -0.39 is 0 Å². The SMILES string of the molecule is CCCC(CCNC)N(C)C(=O)c1ccc2cccnc2c1O. The normalized spacial score (nSPS) is 12.3. The molecule has 0 fully saturated rings. The number of phenolic OH excluding ortho intramolecular Hbond substituents is 1. The van der Waals surface area contributed by atoms with Gasteiger partial charge in [-0.3, -0.25) is 9.78 Å². The minimum absolute atomic E-state index is 0.0381. The summed E-state index contributed by atoms with van der Waals surface area (Å²) in [5, 5.41) is 14.4. The fraction of sp³-hybridized carbons (Fsp3) is 0.444. The zero-order valence-corrected chi connectivity index (χ0v) is 14.0. The fourth-order valence-electron chi connectivity index (χ4n) is 2.83. The molecule has 0 radical (unpaired) electrons. The quantitative estimate of drug-likeness (QED) is 0.824. The van der Waals surface area contributed by atoms with Gasteiger partial charge in [0.1, 0.15) is 5.52 Å². The number of aromatic hydroxyl groups is 1. The Labute approximate surface area is 137 Å².